The molecule has 2 aliphatic rings. The van der Waals surface area contributed by atoms with E-state index in [1.807, 2.05) is 55.9 Å². The first-order valence-electron chi connectivity index (χ1n) is 16.9. The highest BCUT2D eigenvalue weighted by Crippen LogP contribution is 2.49. The number of carbonyl (C=O) groups is 1. The normalized spacial score (nSPS) is 20.8. The number of hydrogen-bond acceptors (Lipinski definition) is 7. The average Bonchev–Trinajstić information content (AvgIpc) is 3.93. The number of H-pyrrole nitrogens is 1. The van der Waals surface area contributed by atoms with Crippen LogP contribution in [0, 0.1) is 37.0 Å². The number of amides is 1. The first-order valence-corrected chi connectivity index (χ1v) is 17.3. The second-order valence-corrected chi connectivity index (χ2v) is 14.4. The Bertz CT molecular complexity index is 2280. The fourth-order valence-corrected chi connectivity index (χ4v) is 8.66. The van der Waals surface area contributed by atoms with Crippen molar-refractivity contribution in [3.8, 4) is 28.5 Å². The zero-order valence-corrected chi connectivity index (χ0v) is 29.0. The molecule has 1 saturated carbocycles. The maximum Gasteiger partial charge on any atom is 0.331 e. The Kier molecular flexibility index (Phi) is 7.55. The minimum atomic E-state index is -0.202. The van der Waals surface area contributed by atoms with Crippen molar-refractivity contribution in [2.75, 3.05) is 6.54 Å². The first-order chi connectivity index (χ1) is 23.7. The maximum atomic E-state index is 13.9. The van der Waals surface area contributed by atoms with E-state index in [1.54, 1.807) is 4.57 Å². The fraction of sp³-hybridized carbons (Fsp3) is 0.417. The second kappa shape index (κ2) is 11.8. The summed E-state index contributed by atoms with van der Waals surface area (Å²) < 4.78 is 5.61. The van der Waals surface area contributed by atoms with Gasteiger partial charge < -0.3 is 4.90 Å². The number of aromatic amines is 1. The van der Waals surface area contributed by atoms with Crippen molar-refractivity contribution in [2.24, 2.45) is 18.9 Å². The highest BCUT2D eigenvalue weighted by molar-refractivity contribution is 6.36. The third-order valence-electron chi connectivity index (χ3n) is 10.8. The molecule has 2 fully saturated rings. The summed E-state index contributed by atoms with van der Waals surface area (Å²) in [7, 11) is 1.94. The van der Waals surface area contributed by atoms with Gasteiger partial charge in [0.25, 0.3) is 0 Å². The Morgan fingerprint density at radius 1 is 1.16 bits per heavy atom. The molecule has 49 heavy (non-hydrogen) atoms. The number of aromatic nitrogens is 9. The molecule has 0 bridgehead atoms. The minimum Gasteiger partial charge on any atom is -0.319 e. The van der Waals surface area contributed by atoms with Gasteiger partial charge in [-0.05, 0) is 68.7 Å². The van der Waals surface area contributed by atoms with E-state index in [4.69, 9.17) is 16.7 Å². The lowest BCUT2D eigenvalue weighted by molar-refractivity contribution is 0.170. The molecule has 0 radical (unpaired) electrons. The molecule has 13 heteroatoms. The molecule has 12 nitrogen and oxygen atoms in total. The van der Waals surface area contributed by atoms with E-state index in [9.17, 15) is 10.1 Å². The largest absolute Gasteiger partial charge is 0.331 e. The number of hydrogen-bond donors (Lipinski definition) is 1. The highest BCUT2D eigenvalue weighted by atomic mass is 35.5. The lowest BCUT2D eigenvalue weighted by atomic mass is 9.75. The Morgan fingerprint density at radius 2 is 2.00 bits per heavy atom. The number of nitrogens with zero attached hydrogens (tertiary/aromatic N) is 10. The Morgan fingerprint density at radius 3 is 2.80 bits per heavy atom. The SMILES string of the molecule is Cc1cc2[nH]ncc2c(-c2c(-c3ccc4c(cnn4C)c3)nn(C3CCC4CN(C(=O)n5cnnc5C(C)C)C(CC#N)C4C3)c2C)c1Cl. The predicted octanol–water partition coefficient (Wildman–Crippen LogP) is 7.19. The zero-order valence-electron chi connectivity index (χ0n) is 28.2. The lowest BCUT2D eigenvalue weighted by Crippen LogP contribution is -2.41. The lowest BCUT2D eigenvalue weighted by Gasteiger charge is -2.34. The molecule has 2 aromatic carbocycles. The van der Waals surface area contributed by atoms with Crippen LogP contribution >= 0.6 is 11.6 Å². The van der Waals surface area contributed by atoms with Gasteiger partial charge in [0.1, 0.15) is 17.8 Å². The number of benzene rings is 2. The smallest absolute Gasteiger partial charge is 0.319 e. The van der Waals surface area contributed by atoms with E-state index >= 15 is 0 Å². The third kappa shape index (κ3) is 4.93. The number of halogens is 1. The number of nitriles is 1. The van der Waals surface area contributed by atoms with E-state index < -0.39 is 0 Å². The van der Waals surface area contributed by atoms with Crippen molar-refractivity contribution in [3.05, 3.63) is 65.1 Å². The second-order valence-electron chi connectivity index (χ2n) is 14.0. The molecule has 0 spiro atoms. The molecule has 6 aromatic rings. The molecule has 4 aromatic heterocycles. The molecule has 1 amide bonds. The molecule has 8 rings (SSSR count). The van der Waals surface area contributed by atoms with Gasteiger partial charge in [-0.25, -0.2) is 9.36 Å². The monoisotopic (exact) mass is 675 g/mol. The number of likely N-dealkylation sites (tertiary alicyclic amines) is 1. The van der Waals surface area contributed by atoms with Crippen molar-refractivity contribution in [2.45, 2.75) is 71.4 Å². The summed E-state index contributed by atoms with van der Waals surface area (Å²) in [6, 6.07) is 10.5. The van der Waals surface area contributed by atoms with E-state index in [-0.39, 0.29) is 36.4 Å². The van der Waals surface area contributed by atoms with E-state index in [0.717, 1.165) is 74.7 Å². The van der Waals surface area contributed by atoms with Gasteiger partial charge in [-0.3, -0.25) is 14.5 Å². The van der Waals surface area contributed by atoms with Crippen LogP contribution in [0.2, 0.25) is 5.02 Å². The molecule has 4 atom stereocenters. The summed E-state index contributed by atoms with van der Waals surface area (Å²) in [5, 5.41) is 38.2. The van der Waals surface area contributed by atoms with Gasteiger partial charge in [-0.15, -0.1) is 10.2 Å². The highest BCUT2D eigenvalue weighted by Gasteiger charge is 2.48. The number of carbonyl (C=O) groups excluding carboxylic acids is 1. The van der Waals surface area contributed by atoms with Crippen LogP contribution in [-0.2, 0) is 7.05 Å². The molecular formula is C36H38ClN11O. The van der Waals surface area contributed by atoms with Crippen molar-refractivity contribution >= 4 is 39.4 Å². The van der Waals surface area contributed by atoms with Gasteiger partial charge in [0.05, 0.1) is 47.0 Å². The first kappa shape index (κ1) is 31.3. The average molecular weight is 676 g/mol. The Balaban J connectivity index is 1.22. The minimum absolute atomic E-state index is 0.0466. The maximum absolute atomic E-state index is 13.9. The van der Waals surface area contributed by atoms with Gasteiger partial charge in [0, 0.05) is 58.7 Å². The summed E-state index contributed by atoms with van der Waals surface area (Å²) in [5.41, 5.74) is 7.67. The van der Waals surface area contributed by atoms with Crippen LogP contribution in [0.4, 0.5) is 4.79 Å². The van der Waals surface area contributed by atoms with Crippen molar-refractivity contribution in [1.82, 2.24) is 49.4 Å². The van der Waals surface area contributed by atoms with Crippen LogP contribution in [0.15, 0.2) is 43.0 Å². The number of aryl methyl sites for hydroxylation is 2. The molecule has 250 valence electrons. The predicted molar refractivity (Wildman–Crippen MR) is 187 cm³/mol. The van der Waals surface area contributed by atoms with Crippen molar-refractivity contribution in [1.29, 1.82) is 5.26 Å². The number of nitrogens with one attached hydrogen (secondary N) is 1. The van der Waals surface area contributed by atoms with Gasteiger partial charge in [-0.2, -0.15) is 20.6 Å². The third-order valence-corrected chi connectivity index (χ3v) is 11.3. The number of fused-ring (bicyclic) bond motifs is 3. The molecule has 4 unspecified atom stereocenters. The summed E-state index contributed by atoms with van der Waals surface area (Å²) in [4.78, 5) is 15.8. The number of rotatable bonds is 5. The molecule has 1 N–H and O–H groups in total. The summed E-state index contributed by atoms with van der Waals surface area (Å²) >= 11 is 7.16. The van der Waals surface area contributed by atoms with Gasteiger partial charge in [0.2, 0.25) is 0 Å². The van der Waals surface area contributed by atoms with Crippen LogP contribution in [0.3, 0.4) is 0 Å². The molecule has 1 aliphatic carbocycles. The summed E-state index contributed by atoms with van der Waals surface area (Å²) in [6.07, 6.45) is 8.15. The zero-order chi connectivity index (χ0) is 34.1. The van der Waals surface area contributed by atoms with Crippen LogP contribution in [-0.4, -0.2) is 68.0 Å². The van der Waals surface area contributed by atoms with Crippen LogP contribution in [0.1, 0.15) is 68.6 Å². The summed E-state index contributed by atoms with van der Waals surface area (Å²) in [5.74, 6) is 1.14. The standard InChI is InChI=1S/C36H38ClN11O/c1-19(2)35-43-40-18-47(35)36(49)46-17-23-6-8-25(14-26(23)30(46)10-11-38)48-21(4)31(32-27-16-39-42-28(27)12-20(3)33(32)37)34(44-48)22-7-9-29-24(13-22)15-41-45(29)5/h7,9,12-13,15-16,18-19,23,25-26,30H,6,8,10,14,17H2,1-5H3,(H,39,42). The van der Waals surface area contributed by atoms with Gasteiger partial charge in [0.15, 0.2) is 0 Å². The summed E-state index contributed by atoms with van der Waals surface area (Å²) in [6.45, 7) is 8.76. The van der Waals surface area contributed by atoms with Gasteiger partial charge >= 0.3 is 6.03 Å². The molecule has 5 heterocycles. The van der Waals surface area contributed by atoms with E-state index in [0.29, 0.717) is 23.3 Å². The molecule has 1 aliphatic heterocycles. The van der Waals surface area contributed by atoms with Gasteiger partial charge in [-0.1, -0.05) is 31.5 Å². The van der Waals surface area contributed by atoms with Crippen molar-refractivity contribution in [3.63, 3.8) is 0 Å². The molecule has 1 saturated heterocycles. The van der Waals surface area contributed by atoms with Crippen molar-refractivity contribution < 1.29 is 4.79 Å². The van der Waals surface area contributed by atoms with E-state index in [2.05, 4.69) is 61.4 Å². The molecular weight excluding hydrogens is 638 g/mol. The van der Waals surface area contributed by atoms with E-state index in [1.165, 1.54) is 6.33 Å². The van der Waals surface area contributed by atoms with Crippen LogP contribution in [0.25, 0.3) is 44.2 Å². The Hall–Kier alpha value is -5.02. The quantitative estimate of drug-likeness (QED) is 0.204. The van der Waals surface area contributed by atoms with Crippen LogP contribution < -0.4 is 0 Å². The Labute approximate surface area is 288 Å². The topological polar surface area (TPSA) is 139 Å². The fourth-order valence-electron chi connectivity index (χ4n) is 8.41. The van der Waals surface area contributed by atoms with Crippen LogP contribution in [0.5, 0.6) is 0 Å².